The highest BCUT2D eigenvalue weighted by atomic mass is 16.2. The lowest BCUT2D eigenvalue weighted by atomic mass is 9.42. The Morgan fingerprint density at radius 1 is 0.882 bits per heavy atom. The van der Waals surface area contributed by atoms with Crippen molar-refractivity contribution in [2.45, 2.75) is 122 Å². The van der Waals surface area contributed by atoms with Crippen LogP contribution in [-0.4, -0.2) is 35.3 Å². The molecule has 188 valence electrons. The van der Waals surface area contributed by atoms with Crippen molar-refractivity contribution < 1.29 is 9.59 Å². The smallest absolute Gasteiger partial charge is 0.227 e. The Labute approximate surface area is 206 Å². The standard InChI is InChI=1S/C30H46N2O2/c1-27-9-4-10-30(27,26(34)31-29-16-19-13-20(17-29)15-21(14-19)18-29)23-5-6-24-28(2,22(23)7-11-27)12-8-25(33)32(24)3/h19-24H,4-18H2,1-3H3,(H,31,34)/t19?,20?,21?,22-,23+,24+,27-,28+,29?,30-/m0/s1. The molecule has 7 saturated carbocycles. The number of likely N-dealkylation sites (tertiary alicyclic amines) is 1. The van der Waals surface area contributed by atoms with E-state index in [2.05, 4.69) is 24.1 Å². The molecule has 4 bridgehead atoms. The van der Waals surface area contributed by atoms with Crippen LogP contribution in [0.2, 0.25) is 0 Å². The van der Waals surface area contributed by atoms with E-state index in [-0.39, 0.29) is 21.8 Å². The second-order valence-corrected chi connectivity index (χ2v) is 14.9. The molecule has 8 aliphatic rings. The highest BCUT2D eigenvalue weighted by Crippen LogP contribution is 2.71. The maximum atomic E-state index is 14.8. The summed E-state index contributed by atoms with van der Waals surface area (Å²) in [7, 11) is 2.04. The molecule has 0 aromatic carbocycles. The first-order valence-corrected chi connectivity index (χ1v) is 14.8. The zero-order valence-electron chi connectivity index (χ0n) is 21.8. The number of hydrogen-bond acceptors (Lipinski definition) is 2. The molecule has 1 aliphatic heterocycles. The first-order chi connectivity index (χ1) is 16.2. The summed E-state index contributed by atoms with van der Waals surface area (Å²) in [4.78, 5) is 29.4. The Morgan fingerprint density at radius 3 is 2.24 bits per heavy atom. The van der Waals surface area contributed by atoms with E-state index in [9.17, 15) is 9.59 Å². The van der Waals surface area contributed by atoms with Gasteiger partial charge in [0.25, 0.3) is 0 Å². The van der Waals surface area contributed by atoms with Crippen LogP contribution in [0.4, 0.5) is 0 Å². The average molecular weight is 467 g/mol. The molecule has 2 amide bonds. The molecule has 0 aromatic heterocycles. The van der Waals surface area contributed by atoms with Gasteiger partial charge in [0, 0.05) is 25.0 Å². The predicted molar refractivity (Wildman–Crippen MR) is 133 cm³/mol. The van der Waals surface area contributed by atoms with Gasteiger partial charge in [0.05, 0.1) is 5.41 Å². The number of nitrogens with one attached hydrogen (secondary N) is 1. The van der Waals surface area contributed by atoms with Crippen molar-refractivity contribution in [2.75, 3.05) is 7.05 Å². The molecule has 8 rings (SSSR count). The Morgan fingerprint density at radius 2 is 1.56 bits per heavy atom. The van der Waals surface area contributed by atoms with E-state index < -0.39 is 0 Å². The van der Waals surface area contributed by atoms with Gasteiger partial charge in [0.15, 0.2) is 0 Å². The van der Waals surface area contributed by atoms with Crippen LogP contribution in [0.25, 0.3) is 0 Å². The molecule has 7 aliphatic carbocycles. The lowest BCUT2D eigenvalue weighted by molar-refractivity contribution is -0.183. The summed E-state index contributed by atoms with van der Waals surface area (Å²) in [5.74, 6) is 4.46. The zero-order chi connectivity index (χ0) is 23.5. The van der Waals surface area contributed by atoms with Crippen molar-refractivity contribution in [2.24, 2.45) is 45.8 Å². The second kappa shape index (κ2) is 7.03. The van der Waals surface area contributed by atoms with E-state index in [0.717, 1.165) is 43.4 Å². The fourth-order valence-electron chi connectivity index (χ4n) is 12.3. The summed E-state index contributed by atoms with van der Waals surface area (Å²) in [6.45, 7) is 4.97. The van der Waals surface area contributed by atoms with E-state index in [1.807, 2.05) is 7.05 Å². The van der Waals surface area contributed by atoms with E-state index in [1.165, 1.54) is 64.2 Å². The van der Waals surface area contributed by atoms with Gasteiger partial charge < -0.3 is 10.2 Å². The number of amides is 2. The third-order valence-corrected chi connectivity index (χ3v) is 13.4. The number of rotatable bonds is 2. The summed E-state index contributed by atoms with van der Waals surface area (Å²) >= 11 is 0. The van der Waals surface area contributed by atoms with Crippen LogP contribution in [0.15, 0.2) is 0 Å². The largest absolute Gasteiger partial charge is 0.350 e. The number of fused-ring (bicyclic) bond motifs is 5. The van der Waals surface area contributed by atoms with Gasteiger partial charge >= 0.3 is 0 Å². The van der Waals surface area contributed by atoms with Crippen LogP contribution in [-0.2, 0) is 9.59 Å². The van der Waals surface area contributed by atoms with Crippen molar-refractivity contribution in [3.8, 4) is 0 Å². The minimum absolute atomic E-state index is 0.107. The second-order valence-electron chi connectivity index (χ2n) is 14.9. The third-order valence-electron chi connectivity index (χ3n) is 13.4. The number of nitrogens with zero attached hydrogens (tertiary/aromatic N) is 1. The fourth-order valence-corrected chi connectivity index (χ4v) is 12.3. The Hall–Kier alpha value is -1.06. The minimum Gasteiger partial charge on any atom is -0.350 e. The summed E-state index contributed by atoms with van der Waals surface area (Å²) in [6, 6.07) is 0.365. The highest BCUT2D eigenvalue weighted by Gasteiger charge is 2.69. The van der Waals surface area contributed by atoms with Crippen molar-refractivity contribution in [3.05, 3.63) is 0 Å². The predicted octanol–water partition coefficient (Wildman–Crippen LogP) is 5.70. The molecule has 34 heavy (non-hydrogen) atoms. The lowest BCUT2D eigenvalue weighted by Crippen LogP contribution is -2.68. The highest BCUT2D eigenvalue weighted by molar-refractivity contribution is 5.85. The van der Waals surface area contributed by atoms with Gasteiger partial charge in [-0.2, -0.15) is 0 Å². The van der Waals surface area contributed by atoms with Gasteiger partial charge in [0.2, 0.25) is 11.8 Å². The van der Waals surface area contributed by atoms with Gasteiger partial charge in [0.1, 0.15) is 0 Å². The number of carbonyl (C=O) groups excluding carboxylic acids is 2. The van der Waals surface area contributed by atoms with Crippen molar-refractivity contribution >= 4 is 11.8 Å². The molecular weight excluding hydrogens is 420 g/mol. The van der Waals surface area contributed by atoms with Crippen LogP contribution >= 0.6 is 0 Å². The summed E-state index contributed by atoms with van der Waals surface area (Å²) < 4.78 is 0. The van der Waals surface area contributed by atoms with Crippen LogP contribution < -0.4 is 5.32 Å². The SMILES string of the molecule is CN1C(=O)CC[C@]2(C)[C@H]3CC[C@]4(C)CCC[C@@]4(C(=O)NC45CC6CC(CC(C6)C4)C5)[C@@H]3CC[C@@H]12. The first-order valence-electron chi connectivity index (χ1n) is 14.8. The van der Waals surface area contributed by atoms with Crippen molar-refractivity contribution in [3.63, 3.8) is 0 Å². The molecular formula is C30H46N2O2. The molecule has 0 unspecified atom stereocenters. The summed E-state index contributed by atoms with van der Waals surface area (Å²) in [5.41, 5.74) is 0.243. The molecule has 0 spiro atoms. The first kappa shape index (κ1) is 22.2. The molecule has 1 N–H and O–H groups in total. The van der Waals surface area contributed by atoms with Crippen LogP contribution in [0, 0.1) is 45.8 Å². The Bertz CT molecular complexity index is 878. The normalized spacial score (nSPS) is 55.5. The lowest BCUT2D eigenvalue weighted by Gasteiger charge is -2.65. The number of hydrogen-bond donors (Lipinski definition) is 1. The average Bonchev–Trinajstić information content (AvgIpc) is 3.14. The molecule has 1 heterocycles. The molecule has 4 nitrogen and oxygen atoms in total. The third kappa shape index (κ3) is 2.72. The Kier molecular flexibility index (Phi) is 4.58. The van der Waals surface area contributed by atoms with E-state index >= 15 is 0 Å². The number of piperidine rings is 1. The van der Waals surface area contributed by atoms with E-state index in [4.69, 9.17) is 0 Å². The molecule has 1 saturated heterocycles. The quantitative estimate of drug-likeness (QED) is 0.568. The maximum Gasteiger partial charge on any atom is 0.227 e. The maximum absolute atomic E-state index is 14.8. The van der Waals surface area contributed by atoms with Gasteiger partial charge in [-0.15, -0.1) is 0 Å². The minimum atomic E-state index is -0.187. The molecule has 4 heteroatoms. The van der Waals surface area contributed by atoms with E-state index in [1.54, 1.807) is 0 Å². The topological polar surface area (TPSA) is 49.4 Å². The van der Waals surface area contributed by atoms with Gasteiger partial charge in [-0.25, -0.2) is 0 Å². The fraction of sp³-hybridized carbons (Fsp3) is 0.933. The molecule has 8 fully saturated rings. The van der Waals surface area contributed by atoms with Gasteiger partial charge in [-0.3, -0.25) is 9.59 Å². The molecule has 6 atom stereocenters. The van der Waals surface area contributed by atoms with Gasteiger partial charge in [-0.1, -0.05) is 20.3 Å². The van der Waals surface area contributed by atoms with Crippen LogP contribution in [0.3, 0.4) is 0 Å². The zero-order valence-corrected chi connectivity index (χ0v) is 21.8. The monoisotopic (exact) mass is 466 g/mol. The van der Waals surface area contributed by atoms with E-state index in [0.29, 0.717) is 36.1 Å². The Balaban J connectivity index is 1.23. The van der Waals surface area contributed by atoms with Gasteiger partial charge in [-0.05, 0) is 124 Å². The van der Waals surface area contributed by atoms with Crippen LogP contribution in [0.5, 0.6) is 0 Å². The molecule has 0 radical (unpaired) electrons. The van der Waals surface area contributed by atoms with Crippen molar-refractivity contribution in [1.29, 1.82) is 0 Å². The van der Waals surface area contributed by atoms with Crippen LogP contribution in [0.1, 0.15) is 110 Å². The summed E-state index contributed by atoms with van der Waals surface area (Å²) in [6.07, 6.45) is 17.9. The molecule has 0 aromatic rings. The number of carbonyl (C=O) groups is 2. The summed E-state index contributed by atoms with van der Waals surface area (Å²) in [5, 5.41) is 3.91. The van der Waals surface area contributed by atoms with Crippen molar-refractivity contribution in [1.82, 2.24) is 10.2 Å².